The number of terminal acetylenes is 1. The molecule has 0 rings (SSSR count). The van der Waals surface area contributed by atoms with E-state index in [0.717, 1.165) is 0 Å². The second kappa shape index (κ2) is 7.14. The number of hydrogen-bond acceptors (Lipinski definition) is 4. The Morgan fingerprint density at radius 1 is 0.947 bits per heavy atom. The van der Waals surface area contributed by atoms with Gasteiger partial charge >= 0.3 is 12.7 Å². The summed E-state index contributed by atoms with van der Waals surface area (Å²) in [6, 6.07) is 0. The van der Waals surface area contributed by atoms with Gasteiger partial charge in [-0.25, -0.2) is 0 Å². The molecular formula is C8H9F6O4P. The van der Waals surface area contributed by atoms with Gasteiger partial charge in [-0.1, -0.05) is 5.92 Å². The maximum absolute atomic E-state index is 11.8. The van der Waals surface area contributed by atoms with Crippen molar-refractivity contribution < 1.29 is 45.1 Å². The van der Waals surface area contributed by atoms with Gasteiger partial charge in [-0.3, -0.25) is 9.47 Å². The van der Waals surface area contributed by atoms with Crippen LogP contribution in [0.5, 0.6) is 0 Å². The summed E-state index contributed by atoms with van der Waals surface area (Å²) in [5.74, 6) is 1.92. The minimum Gasteiger partial charge on any atom is -0.361 e. The lowest BCUT2D eigenvalue weighted by atomic mass is 10.8. The third-order valence-corrected chi connectivity index (χ3v) is 3.29. The van der Waals surface area contributed by atoms with Crippen molar-refractivity contribution in [1.29, 1.82) is 0 Å². The predicted octanol–water partition coefficient (Wildman–Crippen LogP) is 2.94. The van der Waals surface area contributed by atoms with Crippen LogP contribution in [0.1, 0.15) is 0 Å². The molecule has 112 valence electrons. The molecule has 0 saturated heterocycles. The van der Waals surface area contributed by atoms with Crippen molar-refractivity contribution in [1.82, 2.24) is 0 Å². The third kappa shape index (κ3) is 10.8. The summed E-state index contributed by atoms with van der Waals surface area (Å²) >= 11 is 0. The summed E-state index contributed by atoms with van der Waals surface area (Å²) in [4.78, 5) is 0. The Morgan fingerprint density at radius 2 is 1.37 bits per heavy atom. The van der Waals surface area contributed by atoms with E-state index in [1.165, 1.54) is 0 Å². The van der Waals surface area contributed by atoms with Crippen LogP contribution in [0.25, 0.3) is 0 Å². The molecule has 0 aliphatic carbocycles. The number of alkyl halides is 6. The monoisotopic (exact) mass is 314 g/mol. The van der Waals surface area contributed by atoms with Crippen molar-refractivity contribution in [2.45, 2.75) is 12.7 Å². The minimum atomic E-state index is -5.12. The zero-order chi connectivity index (χ0) is 15.2. The van der Waals surface area contributed by atoms with E-state index in [0.29, 0.717) is 0 Å². The summed E-state index contributed by atoms with van der Waals surface area (Å²) < 4.78 is 93.3. The van der Waals surface area contributed by atoms with E-state index in [-0.39, 0.29) is 0 Å². The highest BCUT2D eigenvalue weighted by Crippen LogP contribution is 2.48. The highest BCUT2D eigenvalue weighted by molar-refractivity contribution is 7.63. The molecule has 0 N–H and O–H groups in total. The Kier molecular flexibility index (Phi) is 6.86. The predicted molar refractivity (Wildman–Crippen MR) is 51.3 cm³/mol. The van der Waals surface area contributed by atoms with Gasteiger partial charge in [0, 0.05) is 0 Å². The van der Waals surface area contributed by atoms with Gasteiger partial charge in [0.15, 0.2) is 7.14 Å². The Balaban J connectivity index is 4.54. The van der Waals surface area contributed by atoms with E-state index in [1.54, 1.807) is 0 Å². The highest BCUT2D eigenvalue weighted by Gasteiger charge is 2.38. The third-order valence-electron chi connectivity index (χ3n) is 1.44. The van der Waals surface area contributed by atoms with Gasteiger partial charge < -0.3 is 9.30 Å². The average molecular weight is 314 g/mol. The number of rotatable bonds is 7. The maximum Gasteiger partial charge on any atom is 0.522 e. The van der Waals surface area contributed by atoms with Crippen LogP contribution in [-0.4, -0.2) is 38.4 Å². The smallest absolute Gasteiger partial charge is 0.361 e. The molecule has 0 amide bonds. The SMILES string of the molecule is C#CCOCP(=O)(COC(F)(F)F)COC(F)(F)F. The lowest BCUT2D eigenvalue weighted by Crippen LogP contribution is -2.20. The molecular weight excluding hydrogens is 305 g/mol. The van der Waals surface area contributed by atoms with Gasteiger partial charge in [-0.2, -0.15) is 0 Å². The maximum atomic E-state index is 11.8. The first-order valence-electron chi connectivity index (χ1n) is 4.47. The number of hydrogen-bond donors (Lipinski definition) is 0. The van der Waals surface area contributed by atoms with E-state index in [2.05, 4.69) is 14.2 Å². The van der Waals surface area contributed by atoms with Crippen molar-refractivity contribution in [3.05, 3.63) is 0 Å². The van der Waals surface area contributed by atoms with Crippen molar-refractivity contribution in [2.75, 3.05) is 25.7 Å². The largest absolute Gasteiger partial charge is 0.522 e. The zero-order valence-corrected chi connectivity index (χ0v) is 10.1. The van der Waals surface area contributed by atoms with Crippen molar-refractivity contribution >= 4 is 7.14 Å². The minimum absolute atomic E-state index is 0.415. The molecule has 0 heterocycles. The van der Waals surface area contributed by atoms with E-state index < -0.39 is 45.5 Å². The normalized spacial score (nSPS) is 13.3. The Hall–Kier alpha value is -0.750. The molecule has 0 saturated carbocycles. The molecule has 0 unspecified atom stereocenters. The molecule has 11 heteroatoms. The fourth-order valence-corrected chi connectivity index (χ4v) is 2.18. The molecule has 0 fully saturated rings. The Morgan fingerprint density at radius 3 is 1.68 bits per heavy atom. The molecule has 0 aliphatic heterocycles. The second-order valence-corrected chi connectivity index (χ2v) is 6.07. The van der Waals surface area contributed by atoms with Gasteiger partial charge in [0.05, 0.1) is 0 Å². The van der Waals surface area contributed by atoms with Gasteiger partial charge in [0.2, 0.25) is 0 Å². The van der Waals surface area contributed by atoms with Crippen LogP contribution < -0.4 is 0 Å². The Bertz CT molecular complexity index is 336. The van der Waals surface area contributed by atoms with Crippen molar-refractivity contribution in [3.8, 4) is 12.3 Å². The molecule has 19 heavy (non-hydrogen) atoms. The van der Waals surface area contributed by atoms with Crippen LogP contribution in [0.2, 0.25) is 0 Å². The van der Waals surface area contributed by atoms with E-state index in [1.807, 2.05) is 5.92 Å². The second-order valence-electron chi connectivity index (χ2n) is 3.18. The topological polar surface area (TPSA) is 44.8 Å². The van der Waals surface area contributed by atoms with Gasteiger partial charge in [0.1, 0.15) is 25.7 Å². The molecule has 0 aliphatic rings. The first-order valence-corrected chi connectivity index (χ1v) is 6.73. The summed E-state index contributed by atoms with van der Waals surface area (Å²) in [5.41, 5.74) is 0. The zero-order valence-electron chi connectivity index (χ0n) is 9.25. The molecule has 0 spiro atoms. The van der Waals surface area contributed by atoms with Crippen LogP contribution >= 0.6 is 7.14 Å². The lowest BCUT2D eigenvalue weighted by Gasteiger charge is -2.19. The molecule has 0 bridgehead atoms. The van der Waals surface area contributed by atoms with E-state index >= 15 is 0 Å². The summed E-state index contributed by atoms with van der Waals surface area (Å²) in [7, 11) is -4.14. The molecule has 0 radical (unpaired) electrons. The molecule has 0 aromatic carbocycles. The van der Waals surface area contributed by atoms with Crippen LogP contribution in [0, 0.1) is 12.3 Å². The quantitative estimate of drug-likeness (QED) is 0.314. The fraction of sp³-hybridized carbons (Fsp3) is 0.750. The molecule has 4 nitrogen and oxygen atoms in total. The van der Waals surface area contributed by atoms with Crippen LogP contribution in [0.3, 0.4) is 0 Å². The standard InChI is InChI=1S/C8H9F6O4P/c1-2-3-16-4-19(15,5-17-7(9,10)11)6-18-8(12,13)14/h1H,3-6H2. The van der Waals surface area contributed by atoms with Gasteiger partial charge in [0.25, 0.3) is 0 Å². The first-order chi connectivity index (χ1) is 8.47. The van der Waals surface area contributed by atoms with Gasteiger partial charge in [-0.05, 0) is 0 Å². The van der Waals surface area contributed by atoms with Crippen LogP contribution in [-0.2, 0) is 18.8 Å². The van der Waals surface area contributed by atoms with Crippen molar-refractivity contribution in [3.63, 3.8) is 0 Å². The average Bonchev–Trinajstić information content (AvgIpc) is 2.23. The summed E-state index contributed by atoms with van der Waals surface area (Å²) in [6.07, 6.45) is -9.38. The molecule has 0 atom stereocenters. The van der Waals surface area contributed by atoms with Crippen LogP contribution in [0.4, 0.5) is 26.3 Å². The molecule has 0 aromatic heterocycles. The molecule has 0 aromatic rings. The number of ether oxygens (including phenoxy) is 3. The fourth-order valence-electron chi connectivity index (χ4n) is 0.764. The van der Waals surface area contributed by atoms with E-state index in [9.17, 15) is 30.9 Å². The van der Waals surface area contributed by atoms with Crippen molar-refractivity contribution in [2.24, 2.45) is 0 Å². The summed E-state index contributed by atoms with van der Waals surface area (Å²) in [5, 5.41) is 0. The Labute approximate surface area is 104 Å². The van der Waals surface area contributed by atoms with Gasteiger partial charge in [-0.15, -0.1) is 32.8 Å². The first kappa shape index (κ1) is 18.2. The van der Waals surface area contributed by atoms with Crippen LogP contribution in [0.15, 0.2) is 0 Å². The lowest BCUT2D eigenvalue weighted by molar-refractivity contribution is -0.320. The van der Waals surface area contributed by atoms with E-state index in [4.69, 9.17) is 6.42 Å². The number of halogens is 6. The summed E-state index contributed by atoms with van der Waals surface area (Å²) in [6.45, 7) is -0.415. The highest BCUT2D eigenvalue weighted by atomic mass is 31.2.